The minimum absolute atomic E-state index is 0.000303. The average molecular weight is 314 g/mol. The first-order chi connectivity index (χ1) is 11.0. The van der Waals surface area contributed by atoms with Gasteiger partial charge >= 0.3 is 0 Å². The SMILES string of the molecule is CNC(=O)[C@@H]1CCCN(C(=O)c2oc3c(C)cccc3c2C)C1. The van der Waals surface area contributed by atoms with Crippen LogP contribution in [0.4, 0.5) is 0 Å². The fraction of sp³-hybridized carbons (Fsp3) is 0.444. The molecule has 3 rings (SSSR count). The van der Waals surface area contributed by atoms with E-state index in [1.54, 1.807) is 11.9 Å². The Balaban J connectivity index is 1.90. The molecule has 2 heterocycles. The van der Waals surface area contributed by atoms with Crippen LogP contribution in [-0.4, -0.2) is 36.9 Å². The Kier molecular flexibility index (Phi) is 4.11. The molecule has 23 heavy (non-hydrogen) atoms. The molecule has 2 aromatic rings. The lowest BCUT2D eigenvalue weighted by Gasteiger charge is -2.31. The van der Waals surface area contributed by atoms with E-state index >= 15 is 0 Å². The van der Waals surface area contributed by atoms with Crippen molar-refractivity contribution in [3.8, 4) is 0 Å². The molecule has 1 aliphatic rings. The highest BCUT2D eigenvalue weighted by Gasteiger charge is 2.31. The van der Waals surface area contributed by atoms with E-state index in [2.05, 4.69) is 5.32 Å². The number of likely N-dealkylation sites (tertiary alicyclic amines) is 1. The van der Waals surface area contributed by atoms with Crippen LogP contribution in [-0.2, 0) is 4.79 Å². The van der Waals surface area contributed by atoms with Gasteiger partial charge in [-0.1, -0.05) is 18.2 Å². The van der Waals surface area contributed by atoms with E-state index in [4.69, 9.17) is 4.42 Å². The van der Waals surface area contributed by atoms with Crippen molar-refractivity contribution in [1.82, 2.24) is 10.2 Å². The molecule has 122 valence electrons. The van der Waals surface area contributed by atoms with Gasteiger partial charge in [-0.05, 0) is 32.3 Å². The fourth-order valence-electron chi connectivity index (χ4n) is 3.31. The van der Waals surface area contributed by atoms with Crippen molar-refractivity contribution in [2.24, 2.45) is 5.92 Å². The number of amides is 2. The summed E-state index contributed by atoms with van der Waals surface area (Å²) in [4.78, 5) is 26.4. The zero-order chi connectivity index (χ0) is 16.6. The normalized spacial score (nSPS) is 18.2. The molecule has 0 spiro atoms. The molecule has 5 nitrogen and oxygen atoms in total. The summed E-state index contributed by atoms with van der Waals surface area (Å²) in [5.41, 5.74) is 2.66. The molecule has 0 unspecified atom stereocenters. The lowest BCUT2D eigenvalue weighted by atomic mass is 9.97. The number of para-hydroxylation sites is 1. The number of hydrogen-bond donors (Lipinski definition) is 1. The Morgan fingerprint density at radius 1 is 1.30 bits per heavy atom. The van der Waals surface area contributed by atoms with Gasteiger partial charge in [0, 0.05) is 31.1 Å². The minimum atomic E-state index is -0.135. The summed E-state index contributed by atoms with van der Waals surface area (Å²) in [6, 6.07) is 5.92. The summed E-state index contributed by atoms with van der Waals surface area (Å²) < 4.78 is 5.87. The van der Waals surface area contributed by atoms with Gasteiger partial charge in [0.1, 0.15) is 5.58 Å². The van der Waals surface area contributed by atoms with Crippen LogP contribution in [0, 0.1) is 19.8 Å². The molecule has 0 bridgehead atoms. The number of fused-ring (bicyclic) bond motifs is 1. The van der Waals surface area contributed by atoms with Gasteiger partial charge in [0.15, 0.2) is 5.76 Å². The number of furan rings is 1. The number of carbonyl (C=O) groups is 2. The van der Waals surface area contributed by atoms with Crippen molar-refractivity contribution in [2.45, 2.75) is 26.7 Å². The molecule has 0 radical (unpaired) electrons. The summed E-state index contributed by atoms with van der Waals surface area (Å²) in [5.74, 6) is 0.141. The zero-order valence-corrected chi connectivity index (χ0v) is 13.8. The molecular weight excluding hydrogens is 292 g/mol. The van der Waals surface area contributed by atoms with E-state index in [9.17, 15) is 9.59 Å². The molecule has 2 amide bonds. The molecule has 1 aromatic carbocycles. The van der Waals surface area contributed by atoms with Crippen molar-refractivity contribution in [3.63, 3.8) is 0 Å². The summed E-state index contributed by atoms with van der Waals surface area (Å²) in [5, 5.41) is 3.65. The van der Waals surface area contributed by atoms with Gasteiger partial charge in [0.05, 0.1) is 5.92 Å². The number of carbonyl (C=O) groups excluding carboxylic acids is 2. The molecule has 0 aliphatic carbocycles. The summed E-state index contributed by atoms with van der Waals surface area (Å²) in [7, 11) is 1.63. The van der Waals surface area contributed by atoms with Gasteiger partial charge in [-0.15, -0.1) is 0 Å². The molecule has 1 saturated heterocycles. The quantitative estimate of drug-likeness (QED) is 0.927. The van der Waals surface area contributed by atoms with Crippen molar-refractivity contribution >= 4 is 22.8 Å². The van der Waals surface area contributed by atoms with Crippen molar-refractivity contribution in [2.75, 3.05) is 20.1 Å². The molecule has 1 fully saturated rings. The molecule has 1 aromatic heterocycles. The maximum absolute atomic E-state index is 12.9. The van der Waals surface area contributed by atoms with Crippen molar-refractivity contribution in [3.05, 3.63) is 35.1 Å². The third-order valence-electron chi connectivity index (χ3n) is 4.68. The number of nitrogens with zero attached hydrogens (tertiary/aromatic N) is 1. The minimum Gasteiger partial charge on any atom is -0.450 e. The van der Waals surface area contributed by atoms with Gasteiger partial charge < -0.3 is 14.6 Å². The topological polar surface area (TPSA) is 62.6 Å². The van der Waals surface area contributed by atoms with Gasteiger partial charge in [0.2, 0.25) is 5.91 Å². The molecule has 1 N–H and O–H groups in total. The second-order valence-electron chi connectivity index (χ2n) is 6.21. The zero-order valence-electron chi connectivity index (χ0n) is 13.8. The second kappa shape index (κ2) is 6.07. The Morgan fingerprint density at radius 2 is 2.09 bits per heavy atom. The van der Waals surface area contributed by atoms with Gasteiger partial charge in [-0.2, -0.15) is 0 Å². The van der Waals surface area contributed by atoms with Crippen LogP contribution in [0.15, 0.2) is 22.6 Å². The van der Waals surface area contributed by atoms with Crippen molar-refractivity contribution in [1.29, 1.82) is 0 Å². The molecule has 1 atom stereocenters. The number of hydrogen-bond acceptors (Lipinski definition) is 3. The third kappa shape index (κ3) is 2.71. The van der Waals surface area contributed by atoms with Crippen LogP contribution in [0.5, 0.6) is 0 Å². The molecule has 1 aliphatic heterocycles. The van der Waals surface area contributed by atoms with E-state index in [1.807, 2.05) is 32.0 Å². The lowest BCUT2D eigenvalue weighted by molar-refractivity contribution is -0.125. The number of benzene rings is 1. The third-order valence-corrected chi connectivity index (χ3v) is 4.68. The van der Waals surface area contributed by atoms with Crippen LogP contribution < -0.4 is 5.32 Å². The van der Waals surface area contributed by atoms with Crippen LogP contribution in [0.25, 0.3) is 11.0 Å². The Labute approximate surface area is 135 Å². The van der Waals surface area contributed by atoms with E-state index in [0.717, 1.165) is 34.9 Å². The highest BCUT2D eigenvalue weighted by molar-refractivity contribution is 5.99. The second-order valence-corrected chi connectivity index (χ2v) is 6.21. The Bertz CT molecular complexity index is 763. The largest absolute Gasteiger partial charge is 0.450 e. The van der Waals surface area contributed by atoms with E-state index < -0.39 is 0 Å². The maximum atomic E-state index is 12.9. The lowest BCUT2D eigenvalue weighted by Crippen LogP contribution is -2.44. The Hall–Kier alpha value is -2.30. The summed E-state index contributed by atoms with van der Waals surface area (Å²) in [6.45, 7) is 5.01. The van der Waals surface area contributed by atoms with Gasteiger partial charge in [-0.25, -0.2) is 0 Å². The predicted molar refractivity (Wildman–Crippen MR) is 88.4 cm³/mol. The number of rotatable bonds is 2. The highest BCUT2D eigenvalue weighted by atomic mass is 16.3. The van der Waals surface area contributed by atoms with Gasteiger partial charge in [0.25, 0.3) is 5.91 Å². The first-order valence-electron chi connectivity index (χ1n) is 8.02. The predicted octanol–water partition coefficient (Wildman–Crippen LogP) is 2.65. The summed E-state index contributed by atoms with van der Waals surface area (Å²) in [6.07, 6.45) is 1.66. The van der Waals surface area contributed by atoms with Crippen molar-refractivity contribution < 1.29 is 14.0 Å². The first-order valence-corrected chi connectivity index (χ1v) is 8.02. The fourth-order valence-corrected chi connectivity index (χ4v) is 3.31. The number of aryl methyl sites for hydroxylation is 2. The van der Waals surface area contributed by atoms with Gasteiger partial charge in [-0.3, -0.25) is 9.59 Å². The van der Waals surface area contributed by atoms with E-state index in [0.29, 0.717) is 18.8 Å². The van der Waals surface area contributed by atoms with Crippen LogP contribution in [0.3, 0.4) is 0 Å². The number of piperidine rings is 1. The smallest absolute Gasteiger partial charge is 0.289 e. The van der Waals surface area contributed by atoms with Crippen LogP contribution in [0.2, 0.25) is 0 Å². The van der Waals surface area contributed by atoms with E-state index in [1.165, 1.54) is 0 Å². The number of nitrogens with one attached hydrogen (secondary N) is 1. The average Bonchev–Trinajstić information content (AvgIpc) is 2.92. The molecule has 0 saturated carbocycles. The highest BCUT2D eigenvalue weighted by Crippen LogP contribution is 2.29. The molecule has 5 heteroatoms. The Morgan fingerprint density at radius 3 is 2.78 bits per heavy atom. The van der Waals surface area contributed by atoms with Crippen LogP contribution >= 0.6 is 0 Å². The standard InChI is InChI=1S/C18H22N2O3/c1-11-6-4-8-14-12(2)16(23-15(11)14)18(22)20-9-5-7-13(10-20)17(21)19-3/h4,6,8,13H,5,7,9-10H2,1-3H3,(H,19,21)/t13-/m1/s1. The van der Waals surface area contributed by atoms with E-state index in [-0.39, 0.29) is 17.7 Å². The first kappa shape index (κ1) is 15.6. The maximum Gasteiger partial charge on any atom is 0.289 e. The monoisotopic (exact) mass is 314 g/mol. The molecular formula is C18H22N2O3. The summed E-state index contributed by atoms with van der Waals surface area (Å²) >= 11 is 0. The van der Waals surface area contributed by atoms with Crippen LogP contribution in [0.1, 0.15) is 34.5 Å².